The van der Waals surface area contributed by atoms with Gasteiger partial charge in [-0.15, -0.1) is 0 Å². The zero-order valence-electron chi connectivity index (χ0n) is 7.13. The van der Waals surface area contributed by atoms with Crippen molar-refractivity contribution < 1.29 is 14.6 Å². The van der Waals surface area contributed by atoms with Gasteiger partial charge in [0.05, 0.1) is 13.7 Å². The van der Waals surface area contributed by atoms with Crippen molar-refractivity contribution in [3.05, 3.63) is 0 Å². The summed E-state index contributed by atoms with van der Waals surface area (Å²) in [6.07, 6.45) is 0. The molecule has 0 heterocycles. The van der Waals surface area contributed by atoms with Crippen molar-refractivity contribution in [2.45, 2.75) is 25.9 Å². The minimum atomic E-state index is -0.597. The molecule has 1 atom stereocenters. The summed E-state index contributed by atoms with van der Waals surface area (Å²) in [5.74, 6) is -0.429. The van der Waals surface area contributed by atoms with Crippen molar-refractivity contribution >= 4 is 5.97 Å². The van der Waals surface area contributed by atoms with E-state index in [0.29, 0.717) is 0 Å². The normalized spacial score (nSPS) is 13.2. The number of hydrogen-bond donors (Lipinski definition) is 2. The van der Waals surface area contributed by atoms with E-state index in [4.69, 9.17) is 5.11 Å². The lowest BCUT2D eigenvalue weighted by molar-refractivity contribution is -0.144. The minimum absolute atomic E-state index is 0.159. The molecule has 0 saturated heterocycles. The third-order valence-electron chi connectivity index (χ3n) is 1.20. The first-order valence-corrected chi connectivity index (χ1v) is 3.56. The van der Waals surface area contributed by atoms with Crippen LogP contribution in [0.5, 0.6) is 0 Å². The van der Waals surface area contributed by atoms with Crippen molar-refractivity contribution in [1.82, 2.24) is 5.32 Å². The first kappa shape index (κ1) is 10.4. The number of carbonyl (C=O) groups excluding carboxylic acids is 1. The van der Waals surface area contributed by atoms with Gasteiger partial charge in [0.1, 0.15) is 6.04 Å². The van der Waals surface area contributed by atoms with Gasteiger partial charge in [-0.3, -0.25) is 4.79 Å². The predicted octanol–water partition coefficient (Wildman–Crippen LogP) is -0.482. The Morgan fingerprint density at radius 2 is 2.18 bits per heavy atom. The number of hydrogen-bond acceptors (Lipinski definition) is 4. The Balaban J connectivity index is 3.84. The van der Waals surface area contributed by atoms with E-state index in [1.54, 1.807) is 0 Å². The molecular formula is C7H15NO3. The molecule has 0 aromatic heterocycles. The Morgan fingerprint density at radius 3 is 2.45 bits per heavy atom. The first-order valence-electron chi connectivity index (χ1n) is 3.56. The van der Waals surface area contributed by atoms with Crippen LogP contribution in [0, 0.1) is 0 Å². The fourth-order valence-electron chi connectivity index (χ4n) is 0.740. The van der Waals surface area contributed by atoms with Crippen LogP contribution in [0.2, 0.25) is 0 Å². The average molecular weight is 161 g/mol. The van der Waals surface area contributed by atoms with Crippen molar-refractivity contribution in [3.8, 4) is 0 Å². The van der Waals surface area contributed by atoms with E-state index in [1.165, 1.54) is 7.11 Å². The van der Waals surface area contributed by atoms with E-state index in [2.05, 4.69) is 10.1 Å². The van der Waals surface area contributed by atoms with Crippen molar-refractivity contribution in [3.63, 3.8) is 0 Å². The van der Waals surface area contributed by atoms with Gasteiger partial charge in [0, 0.05) is 6.04 Å². The molecule has 0 bridgehead atoms. The maximum atomic E-state index is 10.8. The number of ether oxygens (including phenoxy) is 1. The number of carbonyl (C=O) groups is 1. The second-order valence-corrected chi connectivity index (χ2v) is 2.58. The zero-order valence-corrected chi connectivity index (χ0v) is 7.13. The Bertz CT molecular complexity index is 125. The maximum absolute atomic E-state index is 10.8. The molecule has 2 N–H and O–H groups in total. The second kappa shape index (κ2) is 5.09. The summed E-state index contributed by atoms with van der Waals surface area (Å²) in [6, 6.07) is -0.439. The van der Waals surface area contributed by atoms with Gasteiger partial charge in [-0.2, -0.15) is 0 Å². The van der Waals surface area contributed by atoms with E-state index < -0.39 is 12.0 Å². The Kier molecular flexibility index (Phi) is 4.81. The molecule has 0 aromatic carbocycles. The topological polar surface area (TPSA) is 58.6 Å². The third-order valence-corrected chi connectivity index (χ3v) is 1.20. The number of aliphatic hydroxyl groups is 1. The number of aliphatic hydroxyl groups excluding tert-OH is 1. The fraction of sp³-hybridized carbons (Fsp3) is 0.857. The minimum Gasteiger partial charge on any atom is -0.468 e. The summed E-state index contributed by atoms with van der Waals surface area (Å²) in [6.45, 7) is 3.56. The molecule has 11 heavy (non-hydrogen) atoms. The van der Waals surface area contributed by atoms with Gasteiger partial charge >= 0.3 is 5.97 Å². The fourth-order valence-corrected chi connectivity index (χ4v) is 0.740. The number of nitrogens with one attached hydrogen (secondary N) is 1. The summed E-state index contributed by atoms with van der Waals surface area (Å²) in [7, 11) is 1.30. The molecule has 4 nitrogen and oxygen atoms in total. The van der Waals surface area contributed by atoms with Gasteiger partial charge in [-0.25, -0.2) is 0 Å². The molecule has 0 spiro atoms. The van der Waals surface area contributed by atoms with Gasteiger partial charge in [-0.05, 0) is 0 Å². The lowest BCUT2D eigenvalue weighted by Gasteiger charge is -2.15. The Morgan fingerprint density at radius 1 is 1.64 bits per heavy atom. The quantitative estimate of drug-likeness (QED) is 0.547. The molecule has 0 aromatic rings. The summed E-state index contributed by atoms with van der Waals surface area (Å²) in [4.78, 5) is 10.8. The molecule has 0 saturated carbocycles. The standard InChI is InChI=1S/C7H15NO3/c1-5(2)8-6(4-9)7(10)11-3/h5-6,8-9H,4H2,1-3H3/t6-/m0/s1. The third kappa shape index (κ3) is 3.95. The smallest absolute Gasteiger partial charge is 0.325 e. The van der Waals surface area contributed by atoms with Crippen LogP contribution < -0.4 is 5.32 Å². The highest BCUT2D eigenvalue weighted by Gasteiger charge is 2.17. The maximum Gasteiger partial charge on any atom is 0.325 e. The molecule has 0 aliphatic heterocycles. The lowest BCUT2D eigenvalue weighted by atomic mass is 10.2. The van der Waals surface area contributed by atoms with E-state index in [9.17, 15) is 4.79 Å². The zero-order chi connectivity index (χ0) is 8.85. The molecule has 0 aliphatic rings. The average Bonchev–Trinajstić information content (AvgIpc) is 1.98. The Labute approximate surface area is 66.5 Å². The highest BCUT2D eigenvalue weighted by atomic mass is 16.5. The SMILES string of the molecule is COC(=O)[C@H](CO)NC(C)C. The monoisotopic (exact) mass is 161 g/mol. The van der Waals surface area contributed by atoms with Crippen LogP contribution >= 0.6 is 0 Å². The van der Waals surface area contributed by atoms with Crippen molar-refractivity contribution in [2.24, 2.45) is 0 Å². The van der Waals surface area contributed by atoms with E-state index in [0.717, 1.165) is 0 Å². The van der Waals surface area contributed by atoms with E-state index in [1.807, 2.05) is 13.8 Å². The van der Waals surface area contributed by atoms with Crippen molar-refractivity contribution in [1.29, 1.82) is 0 Å². The summed E-state index contributed by atoms with van der Waals surface area (Å²) >= 11 is 0. The van der Waals surface area contributed by atoms with Crippen LogP contribution in [0.15, 0.2) is 0 Å². The molecule has 0 fully saturated rings. The van der Waals surface area contributed by atoms with Crippen LogP contribution in [0.3, 0.4) is 0 Å². The van der Waals surface area contributed by atoms with Crippen LogP contribution in [-0.4, -0.2) is 36.9 Å². The summed E-state index contributed by atoms with van der Waals surface area (Å²) in [5.41, 5.74) is 0. The van der Waals surface area contributed by atoms with Crippen LogP contribution in [0.4, 0.5) is 0 Å². The van der Waals surface area contributed by atoms with Gasteiger partial charge in [0.25, 0.3) is 0 Å². The number of methoxy groups -OCH3 is 1. The van der Waals surface area contributed by atoms with Gasteiger partial charge < -0.3 is 15.2 Å². The second-order valence-electron chi connectivity index (χ2n) is 2.58. The molecule has 0 aliphatic carbocycles. The first-order chi connectivity index (χ1) is 5.11. The molecule has 4 heteroatoms. The van der Waals surface area contributed by atoms with Gasteiger partial charge in [0.15, 0.2) is 0 Å². The van der Waals surface area contributed by atoms with Gasteiger partial charge in [-0.1, -0.05) is 13.8 Å². The van der Waals surface area contributed by atoms with Crippen LogP contribution in [0.1, 0.15) is 13.8 Å². The van der Waals surface area contributed by atoms with E-state index >= 15 is 0 Å². The molecular weight excluding hydrogens is 146 g/mol. The molecule has 0 radical (unpaired) electrons. The highest BCUT2D eigenvalue weighted by molar-refractivity contribution is 5.75. The predicted molar refractivity (Wildman–Crippen MR) is 41.2 cm³/mol. The number of rotatable bonds is 4. The molecule has 0 rings (SSSR count). The molecule has 66 valence electrons. The highest BCUT2D eigenvalue weighted by Crippen LogP contribution is 1.89. The van der Waals surface area contributed by atoms with Crippen molar-refractivity contribution in [2.75, 3.05) is 13.7 Å². The van der Waals surface area contributed by atoms with Crippen LogP contribution in [0.25, 0.3) is 0 Å². The summed E-state index contributed by atoms with van der Waals surface area (Å²) in [5, 5.41) is 11.6. The lowest BCUT2D eigenvalue weighted by Crippen LogP contribution is -2.44. The largest absolute Gasteiger partial charge is 0.468 e. The van der Waals surface area contributed by atoms with Crippen LogP contribution in [-0.2, 0) is 9.53 Å². The Hall–Kier alpha value is -0.610. The number of esters is 1. The molecule has 0 amide bonds. The summed E-state index contributed by atoms with van der Waals surface area (Å²) < 4.78 is 4.44. The van der Waals surface area contributed by atoms with E-state index in [-0.39, 0.29) is 12.6 Å². The van der Waals surface area contributed by atoms with Gasteiger partial charge in [0.2, 0.25) is 0 Å². The molecule has 0 unspecified atom stereocenters.